The first kappa shape index (κ1) is 86.2. The summed E-state index contributed by atoms with van der Waals surface area (Å²) in [5, 5.41) is 47.3. The van der Waals surface area contributed by atoms with E-state index >= 15 is 0 Å². The normalized spacial score (nSPS) is 25.6. The van der Waals surface area contributed by atoms with E-state index in [0.717, 1.165) is 27.7 Å². The van der Waals surface area contributed by atoms with E-state index in [1.807, 2.05) is 37.3 Å². The summed E-state index contributed by atoms with van der Waals surface area (Å²) in [5.74, 6) is -10.2. The Kier molecular flexibility index (Phi) is 32.6. The number of ether oxygens (including phenoxy) is 2. The largest absolute Gasteiger partial charge is 0.481 e. The third kappa shape index (κ3) is 25.4. The first-order chi connectivity index (χ1) is 47.6. The lowest BCUT2D eigenvalue weighted by molar-refractivity contribution is -0.148. The Labute approximate surface area is 593 Å². The molecule has 2 saturated heterocycles. The lowest BCUT2D eigenvalue weighted by Crippen LogP contribution is -2.59. The van der Waals surface area contributed by atoms with Gasteiger partial charge >= 0.3 is 29.4 Å². The molecule has 2 fully saturated rings. The zero-order valence-electron chi connectivity index (χ0n) is 58.5. The number of aliphatic carboxylic acids is 1. The third-order valence-electron chi connectivity index (χ3n) is 17.6. The molecule has 7 amide bonds. The van der Waals surface area contributed by atoms with Gasteiger partial charge in [0.1, 0.15) is 54.4 Å². The van der Waals surface area contributed by atoms with Crippen LogP contribution in [0.1, 0.15) is 119 Å². The zero-order valence-corrected chi connectivity index (χ0v) is 62.0. The van der Waals surface area contributed by atoms with Crippen molar-refractivity contribution in [1.82, 2.24) is 56.3 Å². The van der Waals surface area contributed by atoms with E-state index in [1.54, 1.807) is 34.8 Å². The van der Waals surface area contributed by atoms with Gasteiger partial charge in [0.2, 0.25) is 46.5 Å². The molecule has 8 unspecified atom stereocenters. The molecule has 4 heterocycles. The molecule has 41 heteroatoms. The number of phosphoric ester groups is 3. The van der Waals surface area contributed by atoms with Gasteiger partial charge in [-0.2, -0.15) is 4.31 Å². The van der Waals surface area contributed by atoms with Crippen LogP contribution in [0.25, 0.3) is 11.2 Å². The molecule has 2 aliphatic heterocycles. The number of carbonyl (C=O) groups excluding carboxylic acids is 8. The number of phosphoric acid groups is 3. The Hall–Kier alpha value is -6.44. The molecule has 2 aromatic heterocycles. The van der Waals surface area contributed by atoms with Crippen molar-refractivity contribution in [3.05, 3.63) is 48.5 Å². The second kappa shape index (κ2) is 38.5. The minimum Gasteiger partial charge on any atom is -0.480 e. The minimum atomic E-state index is -5.69. The number of hydrogen-bond acceptors (Lipinski definition) is 25. The molecule has 102 heavy (non-hydrogen) atoms. The van der Waals surface area contributed by atoms with Gasteiger partial charge in [-0.3, -0.25) is 56.5 Å². The van der Waals surface area contributed by atoms with E-state index in [0.29, 0.717) is 31.0 Å². The van der Waals surface area contributed by atoms with Gasteiger partial charge in [-0.25, -0.2) is 33.4 Å². The number of nitrogens with two attached hydrogens (primary N) is 1. The SMILES string of the molecule is CC[C@H]1C(=O)N[C@@H](C(=O)O)[C@H](C)C(=O)N[C@@H](C(C)C)C(=O)N[C@@H](CCC(C)C[C@H](C)[C@H](Cc2ccccc2)OC)[C@H](C)C(=O)N[C@@H](C(=O)SCCNC(=O)CCNC(=O)C(O)C(C)(C)COP(=O)(O)OP(=O)(O)OCC2OC(n3cnc4c(N)ncnc43)C(O)C2OP(=O)(O)O)CCC(=O)N1C. The van der Waals surface area contributed by atoms with Crippen molar-refractivity contribution < 1.29 is 119 Å². The summed E-state index contributed by atoms with van der Waals surface area (Å²) in [6, 6.07) is 3.31. The maximum atomic E-state index is 14.5. The maximum absolute atomic E-state index is 14.5. The number of aliphatic hydroxyl groups excluding tert-OH is 2. The molecule has 5 rings (SSSR count). The number of fused-ring (bicyclic) bond motifs is 1. The summed E-state index contributed by atoms with van der Waals surface area (Å²) >= 11 is 0.698. The number of methoxy groups -OCH3 is 1. The van der Waals surface area contributed by atoms with Crippen LogP contribution >= 0.6 is 35.2 Å². The number of aromatic nitrogens is 4. The van der Waals surface area contributed by atoms with E-state index in [2.05, 4.69) is 62.6 Å². The first-order valence-corrected chi connectivity index (χ1v) is 38.4. The van der Waals surface area contributed by atoms with E-state index in [-0.39, 0.29) is 79.4 Å². The smallest absolute Gasteiger partial charge is 0.480 e. The van der Waals surface area contributed by atoms with Crippen LogP contribution in [0.5, 0.6) is 0 Å². The Balaban J connectivity index is 1.19. The lowest BCUT2D eigenvalue weighted by Gasteiger charge is -2.31. The molecule has 3 aromatic rings. The van der Waals surface area contributed by atoms with Crippen molar-refractivity contribution >= 4 is 105 Å². The number of carboxylic acid groups (broad SMARTS) is 1. The Morgan fingerprint density at radius 3 is 2.16 bits per heavy atom. The molecule has 0 saturated carbocycles. The van der Waals surface area contributed by atoms with Gasteiger partial charge in [0, 0.05) is 57.3 Å². The minimum absolute atomic E-state index is 0.00533. The average molecular weight is 1520 g/mol. The van der Waals surface area contributed by atoms with Crippen molar-refractivity contribution in [2.24, 2.45) is 35.0 Å². The standard InChI is InChI=1S/C61H97N12O25P3S/c1-12-40-55(80)71-46(59(83)84)36(7)54(79)70-45(32(2)3)56(81)68-38(19-18-33(4)26-34(5)41(93-11)27-37-16-14-13-15-17-37)35(6)53(78)69-39(20-21-44(75)72(40)10)60(85)102-25-24-63-43(74)22-23-64-57(82)50(77)61(8,9)29-95-101(91,92)98-100(89,90)94-28-42-49(97-99(86,87)88)48(76)58(96-42)73-31-67-47-51(62)65-30-66-52(47)73/h13-17,30-36,38-42,45-46,48-50,58,76-77H,12,18-29H2,1-11H3,(H,63,74)(H,64,82)(H,68,81)(H,69,78)(H,70,79)(H,71,80)(H,83,84)(H,89,90)(H,91,92)(H2,62,65,66)(H2,86,87,88)/t33?,34-,35-,36-,38-,39+,40-,41-,42?,45-,46+,48?,49?,50?,58?/m0/s1. The van der Waals surface area contributed by atoms with Crippen LogP contribution in [-0.2, 0) is 90.6 Å². The predicted octanol–water partition coefficient (Wildman–Crippen LogP) is 1.35. The molecule has 572 valence electrons. The van der Waals surface area contributed by atoms with Crippen molar-refractivity contribution in [1.29, 1.82) is 0 Å². The number of aliphatic hydroxyl groups is 2. The number of benzene rings is 1. The van der Waals surface area contributed by atoms with Crippen LogP contribution < -0.4 is 37.6 Å². The summed E-state index contributed by atoms with van der Waals surface area (Å²) in [5.41, 5.74) is 5.19. The third-order valence-corrected chi connectivity index (χ3v) is 21.7. The van der Waals surface area contributed by atoms with Crippen molar-refractivity contribution in [2.45, 2.75) is 181 Å². The molecule has 0 bridgehead atoms. The van der Waals surface area contributed by atoms with Crippen molar-refractivity contribution in [3.63, 3.8) is 0 Å². The summed E-state index contributed by atoms with van der Waals surface area (Å²) in [4.78, 5) is 176. The second-order valence-corrected chi connectivity index (χ2v) is 31.7. The molecule has 37 nitrogen and oxygen atoms in total. The summed E-state index contributed by atoms with van der Waals surface area (Å²) in [6.45, 7) is 11.5. The second-order valence-electron chi connectivity index (χ2n) is 26.4. The Bertz CT molecular complexity index is 3540. The molecular formula is C61H97N12O25P3S. The number of thioether (sulfide) groups is 1. The first-order valence-electron chi connectivity index (χ1n) is 32.9. The molecule has 0 aliphatic carbocycles. The zero-order chi connectivity index (χ0) is 76.4. The van der Waals surface area contributed by atoms with E-state index < -0.39 is 180 Å². The fraction of sp³-hybridized carbons (Fsp3) is 0.672. The van der Waals surface area contributed by atoms with Crippen LogP contribution in [0.15, 0.2) is 43.0 Å². The predicted molar refractivity (Wildman–Crippen MR) is 365 cm³/mol. The fourth-order valence-corrected chi connectivity index (χ4v) is 15.1. The number of amides is 7. The van der Waals surface area contributed by atoms with Gasteiger partial charge in [0.25, 0.3) is 0 Å². The highest BCUT2D eigenvalue weighted by Gasteiger charge is 2.51. The number of nitrogens with one attached hydrogen (secondary N) is 6. The van der Waals surface area contributed by atoms with Gasteiger partial charge in [0.05, 0.1) is 43.5 Å². The van der Waals surface area contributed by atoms with Crippen LogP contribution in [0, 0.1) is 35.0 Å². The Morgan fingerprint density at radius 2 is 1.53 bits per heavy atom. The molecule has 0 spiro atoms. The topological polar surface area (TPSA) is 547 Å². The van der Waals surface area contributed by atoms with Gasteiger partial charge in [0.15, 0.2) is 17.7 Å². The summed E-state index contributed by atoms with van der Waals surface area (Å²) in [7, 11) is -13.8. The lowest BCUT2D eigenvalue weighted by atomic mass is 9.85. The van der Waals surface area contributed by atoms with E-state index in [9.17, 15) is 91.7 Å². The van der Waals surface area contributed by atoms with Crippen LogP contribution in [0.4, 0.5) is 5.82 Å². The number of imidazole rings is 1. The number of likely N-dealkylation sites (N-methyl/N-ethyl adjacent to an activating group) is 1. The number of anilines is 1. The number of rotatable bonds is 32. The van der Waals surface area contributed by atoms with Crippen molar-refractivity contribution in [3.8, 4) is 0 Å². The van der Waals surface area contributed by atoms with Gasteiger partial charge in [-0.1, -0.05) is 104 Å². The highest BCUT2D eigenvalue weighted by Crippen LogP contribution is 2.61. The van der Waals surface area contributed by atoms with E-state index in [4.69, 9.17) is 24.3 Å². The maximum Gasteiger partial charge on any atom is 0.481 e. The molecule has 0 radical (unpaired) electrons. The number of carboxylic acids is 1. The monoisotopic (exact) mass is 1520 g/mol. The molecule has 1 aromatic carbocycles. The number of nitrogen functional groups attached to an aromatic ring is 1. The quantitative estimate of drug-likeness (QED) is 0.0310. The van der Waals surface area contributed by atoms with E-state index in [1.165, 1.54) is 27.8 Å². The molecule has 2 aliphatic rings. The Morgan fingerprint density at radius 1 is 0.873 bits per heavy atom. The van der Waals surface area contributed by atoms with Gasteiger partial charge in [-0.05, 0) is 61.8 Å². The number of hydrogen-bond donors (Lipinski definition) is 14. The summed E-state index contributed by atoms with van der Waals surface area (Å²) < 4.78 is 69.1. The van der Waals surface area contributed by atoms with Gasteiger partial charge in [-0.15, -0.1) is 0 Å². The van der Waals surface area contributed by atoms with Crippen LogP contribution in [-0.4, -0.2) is 219 Å². The highest BCUT2D eigenvalue weighted by molar-refractivity contribution is 8.13. The molecule has 15 N–H and O–H groups in total. The summed E-state index contributed by atoms with van der Waals surface area (Å²) in [6.07, 6.45) is -6.31. The van der Waals surface area contributed by atoms with Gasteiger partial charge < -0.3 is 86.9 Å². The average Bonchev–Trinajstić information content (AvgIpc) is 1.61. The van der Waals surface area contributed by atoms with Crippen molar-refractivity contribution in [2.75, 3.05) is 51.9 Å². The van der Waals surface area contributed by atoms with Crippen LogP contribution in [0.3, 0.4) is 0 Å². The fourth-order valence-electron chi connectivity index (χ4n) is 11.4. The molecule has 17 atom stereocenters. The number of carbonyl (C=O) groups is 9. The highest BCUT2D eigenvalue weighted by atomic mass is 32.2. The number of nitrogens with zero attached hydrogens (tertiary/aromatic N) is 5. The molecular weight excluding hydrogens is 1430 g/mol. The van der Waals surface area contributed by atoms with Crippen LogP contribution in [0.2, 0.25) is 0 Å².